The fourth-order valence-electron chi connectivity index (χ4n) is 2.52. The number of hydrogen-bond donors (Lipinski definition) is 3. The van der Waals surface area contributed by atoms with Crippen LogP contribution in [0.2, 0.25) is 10.0 Å². The van der Waals surface area contributed by atoms with Gasteiger partial charge in [-0.3, -0.25) is 0 Å². The van der Waals surface area contributed by atoms with Gasteiger partial charge in [-0.2, -0.15) is 0 Å². The van der Waals surface area contributed by atoms with Crippen molar-refractivity contribution in [3.8, 4) is 0 Å². The molecule has 0 fully saturated rings. The van der Waals surface area contributed by atoms with Crippen molar-refractivity contribution < 1.29 is 4.52 Å². The number of halogens is 2. The zero-order chi connectivity index (χ0) is 19.6. The molecule has 7 nitrogen and oxygen atoms in total. The molecule has 0 bridgehead atoms. The first kappa shape index (κ1) is 21.3. The van der Waals surface area contributed by atoms with Crippen LogP contribution in [0, 0.1) is 0 Å². The van der Waals surface area contributed by atoms with E-state index in [0.29, 0.717) is 35.5 Å². The van der Waals surface area contributed by atoms with Crippen molar-refractivity contribution in [2.24, 2.45) is 4.99 Å². The minimum atomic E-state index is 0.495. The van der Waals surface area contributed by atoms with Crippen molar-refractivity contribution >= 4 is 35.0 Å². The number of nitrogens with one attached hydrogen (secondary N) is 3. The van der Waals surface area contributed by atoms with Gasteiger partial charge in [-0.1, -0.05) is 42.2 Å². The van der Waals surface area contributed by atoms with Crippen molar-refractivity contribution in [1.29, 1.82) is 0 Å². The normalized spacial score (nSPS) is 11.5. The standard InChI is InChI=1S/C18H26Cl2N6O/c1-4-15-13(16(5-2)27-26-15)11-25-18(21-6-3)23-8-7-22-17-14(20)9-12(19)10-24-17/h9-10H,4-8,11H2,1-3H3,(H,22,24)(H2,21,23,25). The van der Waals surface area contributed by atoms with Crippen LogP contribution in [0.15, 0.2) is 21.8 Å². The Balaban J connectivity index is 1.91. The Hall–Kier alpha value is -1.99. The Morgan fingerprint density at radius 3 is 2.63 bits per heavy atom. The van der Waals surface area contributed by atoms with E-state index in [1.807, 2.05) is 6.92 Å². The van der Waals surface area contributed by atoms with Crippen LogP contribution in [0.25, 0.3) is 0 Å². The number of guanidine groups is 1. The quantitative estimate of drug-likeness (QED) is 0.330. The molecule has 0 aliphatic rings. The molecule has 2 aromatic rings. The summed E-state index contributed by atoms with van der Waals surface area (Å²) < 4.78 is 5.40. The molecule has 0 spiro atoms. The van der Waals surface area contributed by atoms with Gasteiger partial charge in [0.2, 0.25) is 0 Å². The summed E-state index contributed by atoms with van der Waals surface area (Å²) in [6.45, 7) is 8.73. The van der Waals surface area contributed by atoms with E-state index in [1.54, 1.807) is 12.3 Å². The van der Waals surface area contributed by atoms with E-state index in [9.17, 15) is 0 Å². The van der Waals surface area contributed by atoms with Gasteiger partial charge in [-0.05, 0) is 19.4 Å². The monoisotopic (exact) mass is 412 g/mol. The zero-order valence-electron chi connectivity index (χ0n) is 15.9. The average Bonchev–Trinajstić information content (AvgIpc) is 3.06. The molecule has 2 heterocycles. The number of aryl methyl sites for hydroxylation is 2. The lowest BCUT2D eigenvalue weighted by Crippen LogP contribution is -2.39. The van der Waals surface area contributed by atoms with Gasteiger partial charge in [0.1, 0.15) is 11.6 Å². The van der Waals surface area contributed by atoms with Crippen molar-refractivity contribution in [1.82, 2.24) is 20.8 Å². The summed E-state index contributed by atoms with van der Waals surface area (Å²) >= 11 is 12.0. The van der Waals surface area contributed by atoms with Crippen LogP contribution in [0.3, 0.4) is 0 Å². The van der Waals surface area contributed by atoms with Gasteiger partial charge >= 0.3 is 0 Å². The predicted molar refractivity (Wildman–Crippen MR) is 111 cm³/mol. The number of hydrogen-bond acceptors (Lipinski definition) is 5. The van der Waals surface area contributed by atoms with E-state index in [4.69, 9.17) is 27.7 Å². The minimum absolute atomic E-state index is 0.495. The molecule has 2 rings (SSSR count). The Bertz CT molecular complexity index is 741. The maximum Gasteiger partial charge on any atom is 0.191 e. The van der Waals surface area contributed by atoms with Crippen molar-refractivity contribution in [2.75, 3.05) is 25.0 Å². The van der Waals surface area contributed by atoms with Crippen molar-refractivity contribution in [2.45, 2.75) is 40.2 Å². The van der Waals surface area contributed by atoms with E-state index in [1.165, 1.54) is 0 Å². The minimum Gasteiger partial charge on any atom is -0.367 e. The third-order valence-electron chi connectivity index (χ3n) is 3.86. The lowest BCUT2D eigenvalue weighted by Gasteiger charge is -2.12. The van der Waals surface area contributed by atoms with Crippen LogP contribution in [-0.4, -0.2) is 35.7 Å². The number of nitrogens with zero attached hydrogens (tertiary/aromatic N) is 3. The molecule has 3 N–H and O–H groups in total. The predicted octanol–water partition coefficient (Wildman–Crippen LogP) is 3.67. The summed E-state index contributed by atoms with van der Waals surface area (Å²) in [6.07, 6.45) is 3.20. The molecule has 0 saturated carbocycles. The van der Waals surface area contributed by atoms with E-state index in [-0.39, 0.29) is 0 Å². The Morgan fingerprint density at radius 1 is 1.15 bits per heavy atom. The molecule has 9 heteroatoms. The third-order valence-corrected chi connectivity index (χ3v) is 4.36. The van der Waals surface area contributed by atoms with Gasteiger partial charge in [0.15, 0.2) is 5.96 Å². The lowest BCUT2D eigenvalue weighted by atomic mass is 10.1. The second-order valence-electron chi connectivity index (χ2n) is 5.77. The third kappa shape index (κ3) is 6.29. The van der Waals surface area contributed by atoms with E-state index in [2.05, 4.69) is 44.9 Å². The van der Waals surface area contributed by atoms with Crippen LogP contribution >= 0.6 is 23.2 Å². The Kier molecular flexibility index (Phi) is 8.67. The first-order valence-electron chi connectivity index (χ1n) is 9.12. The smallest absolute Gasteiger partial charge is 0.191 e. The van der Waals surface area contributed by atoms with E-state index < -0.39 is 0 Å². The molecule has 0 amide bonds. The topological polar surface area (TPSA) is 87.4 Å². The highest BCUT2D eigenvalue weighted by molar-refractivity contribution is 6.35. The highest BCUT2D eigenvalue weighted by Gasteiger charge is 2.13. The highest BCUT2D eigenvalue weighted by atomic mass is 35.5. The SMILES string of the molecule is CCNC(=NCc1c(CC)noc1CC)NCCNc1ncc(Cl)cc1Cl. The molecular weight excluding hydrogens is 387 g/mol. The van der Waals surface area contributed by atoms with Gasteiger partial charge in [0.05, 0.1) is 22.3 Å². The van der Waals surface area contributed by atoms with Crippen LogP contribution in [0.5, 0.6) is 0 Å². The maximum absolute atomic E-state index is 6.10. The lowest BCUT2D eigenvalue weighted by molar-refractivity contribution is 0.380. The number of anilines is 1. The van der Waals surface area contributed by atoms with Crippen LogP contribution in [0.4, 0.5) is 5.82 Å². The summed E-state index contributed by atoms with van der Waals surface area (Å²) in [5.74, 6) is 2.24. The molecule has 0 aliphatic heterocycles. The fourth-order valence-corrected chi connectivity index (χ4v) is 2.97. The number of aromatic nitrogens is 2. The molecule has 0 aromatic carbocycles. The Labute approximate surface area is 169 Å². The summed E-state index contributed by atoms with van der Waals surface area (Å²) in [4.78, 5) is 8.83. The molecule has 2 aromatic heterocycles. The summed E-state index contributed by atoms with van der Waals surface area (Å²) in [6, 6.07) is 1.66. The van der Waals surface area contributed by atoms with Gasteiger partial charge in [0.25, 0.3) is 0 Å². The largest absolute Gasteiger partial charge is 0.367 e. The van der Waals surface area contributed by atoms with Gasteiger partial charge in [-0.15, -0.1) is 0 Å². The van der Waals surface area contributed by atoms with Gasteiger partial charge in [-0.25, -0.2) is 9.98 Å². The molecule has 0 atom stereocenters. The van der Waals surface area contributed by atoms with Crippen molar-refractivity contribution in [3.63, 3.8) is 0 Å². The summed E-state index contributed by atoms with van der Waals surface area (Å²) in [7, 11) is 0. The van der Waals surface area contributed by atoms with Crippen LogP contribution in [-0.2, 0) is 19.4 Å². The molecule has 27 heavy (non-hydrogen) atoms. The molecule has 0 saturated heterocycles. The number of pyridine rings is 1. The number of aliphatic imine (C=N–C) groups is 1. The first-order valence-corrected chi connectivity index (χ1v) is 9.87. The molecule has 0 aliphatic carbocycles. The van der Waals surface area contributed by atoms with Crippen molar-refractivity contribution in [3.05, 3.63) is 39.3 Å². The first-order chi connectivity index (χ1) is 13.1. The molecular formula is C18H26Cl2N6O. The Morgan fingerprint density at radius 2 is 1.96 bits per heavy atom. The van der Waals surface area contributed by atoms with Crippen LogP contribution in [0.1, 0.15) is 37.8 Å². The van der Waals surface area contributed by atoms with Gasteiger partial charge < -0.3 is 20.5 Å². The summed E-state index contributed by atoms with van der Waals surface area (Å²) in [5.41, 5.74) is 2.05. The fraction of sp³-hybridized carbons (Fsp3) is 0.500. The average molecular weight is 413 g/mol. The van der Waals surface area contributed by atoms with Gasteiger partial charge in [0, 0.05) is 37.8 Å². The molecule has 148 valence electrons. The second-order valence-corrected chi connectivity index (χ2v) is 6.61. The number of rotatable bonds is 9. The van der Waals surface area contributed by atoms with E-state index in [0.717, 1.165) is 42.4 Å². The second kappa shape index (κ2) is 11.0. The highest BCUT2D eigenvalue weighted by Crippen LogP contribution is 2.22. The zero-order valence-corrected chi connectivity index (χ0v) is 17.4. The molecule has 0 unspecified atom stereocenters. The maximum atomic E-state index is 6.10. The van der Waals surface area contributed by atoms with Crippen LogP contribution < -0.4 is 16.0 Å². The summed E-state index contributed by atoms with van der Waals surface area (Å²) in [5, 5.41) is 14.8. The van der Waals surface area contributed by atoms with E-state index >= 15 is 0 Å². The molecule has 0 radical (unpaired) electrons.